The highest BCUT2D eigenvalue weighted by Crippen LogP contribution is 2.40. The molecule has 1 saturated heterocycles. The first kappa shape index (κ1) is 23.9. The summed E-state index contributed by atoms with van der Waals surface area (Å²) in [5.74, 6) is 0.142. The highest BCUT2D eigenvalue weighted by Gasteiger charge is 2.30. The van der Waals surface area contributed by atoms with Crippen molar-refractivity contribution in [2.45, 2.75) is 24.9 Å². The lowest BCUT2D eigenvalue weighted by atomic mass is 9.90. The fourth-order valence-electron chi connectivity index (χ4n) is 4.60. The van der Waals surface area contributed by atoms with Gasteiger partial charge >= 0.3 is 6.18 Å². The van der Waals surface area contributed by atoms with Crippen molar-refractivity contribution in [1.29, 1.82) is 0 Å². The van der Waals surface area contributed by atoms with Gasteiger partial charge in [-0.05, 0) is 67.4 Å². The van der Waals surface area contributed by atoms with E-state index in [0.29, 0.717) is 42.4 Å². The Morgan fingerprint density at radius 2 is 1.63 bits per heavy atom. The van der Waals surface area contributed by atoms with Crippen molar-refractivity contribution in [1.82, 2.24) is 10.3 Å². The minimum Gasteiger partial charge on any atom is -0.618 e. The molecule has 2 aromatic heterocycles. The molecular formula is C26H20Cl2F3N3O. The van der Waals surface area contributed by atoms with Crippen LogP contribution in [0.4, 0.5) is 13.2 Å². The van der Waals surface area contributed by atoms with E-state index in [1.807, 2.05) is 6.07 Å². The first-order chi connectivity index (χ1) is 16.7. The van der Waals surface area contributed by atoms with Gasteiger partial charge in [0.25, 0.3) is 5.69 Å². The number of benzene rings is 2. The van der Waals surface area contributed by atoms with Crippen molar-refractivity contribution in [2.24, 2.45) is 0 Å². The largest absolute Gasteiger partial charge is 0.618 e. The van der Waals surface area contributed by atoms with Crippen LogP contribution in [0.25, 0.3) is 33.3 Å². The summed E-state index contributed by atoms with van der Waals surface area (Å²) in [5, 5.41) is 17.6. The molecule has 1 aliphatic heterocycles. The van der Waals surface area contributed by atoms with Crippen LogP contribution >= 0.6 is 23.2 Å². The zero-order chi connectivity index (χ0) is 24.7. The number of rotatable bonds is 3. The molecular weight excluding hydrogens is 498 g/mol. The number of pyridine rings is 2. The summed E-state index contributed by atoms with van der Waals surface area (Å²) in [6.45, 7) is 1.67. The van der Waals surface area contributed by atoms with Gasteiger partial charge in [0.05, 0.1) is 21.2 Å². The number of hydrogen-bond donors (Lipinski definition) is 1. The lowest BCUT2D eigenvalue weighted by molar-refractivity contribution is -0.592. The zero-order valence-electron chi connectivity index (χ0n) is 18.4. The van der Waals surface area contributed by atoms with Gasteiger partial charge in [-0.2, -0.15) is 17.9 Å². The Hall–Kier alpha value is -2.87. The van der Waals surface area contributed by atoms with Gasteiger partial charge in [0.1, 0.15) is 5.52 Å². The van der Waals surface area contributed by atoms with E-state index in [0.717, 1.165) is 43.8 Å². The van der Waals surface area contributed by atoms with Gasteiger partial charge in [0.2, 0.25) is 0 Å². The van der Waals surface area contributed by atoms with Crippen LogP contribution in [0.5, 0.6) is 0 Å². The molecule has 9 heteroatoms. The molecule has 0 bridgehead atoms. The van der Waals surface area contributed by atoms with E-state index in [1.165, 1.54) is 18.3 Å². The molecule has 0 spiro atoms. The first-order valence-electron chi connectivity index (χ1n) is 11.1. The maximum absolute atomic E-state index is 13.2. The molecule has 180 valence electrons. The summed E-state index contributed by atoms with van der Waals surface area (Å²) in [5.41, 5.74) is 2.33. The molecule has 4 aromatic rings. The van der Waals surface area contributed by atoms with Crippen LogP contribution in [-0.4, -0.2) is 18.1 Å². The summed E-state index contributed by atoms with van der Waals surface area (Å²) in [6, 6.07) is 13.6. The summed E-state index contributed by atoms with van der Waals surface area (Å²) < 4.78 is 40.2. The molecule has 1 fully saturated rings. The zero-order valence-corrected chi connectivity index (χ0v) is 19.9. The van der Waals surface area contributed by atoms with Crippen molar-refractivity contribution in [2.75, 3.05) is 13.1 Å². The molecule has 4 nitrogen and oxygen atoms in total. The second-order valence-corrected chi connectivity index (χ2v) is 9.36. The smallest absolute Gasteiger partial charge is 0.416 e. The standard InChI is InChI=1S/C26H20Cl2F3N3O/c27-20-2-1-3-21(28)23(20)25-24-18(10-13-34(25)35)19(14-22(33-24)16-8-11-32-12-9-16)15-4-6-17(7-5-15)26(29,30)31/h1-7,10,13-14,16,32H,8-9,11-12H2. The lowest BCUT2D eigenvalue weighted by Crippen LogP contribution is -2.30. The van der Waals surface area contributed by atoms with E-state index >= 15 is 0 Å². The molecule has 0 radical (unpaired) electrons. The van der Waals surface area contributed by atoms with Crippen molar-refractivity contribution < 1.29 is 17.9 Å². The van der Waals surface area contributed by atoms with Crippen molar-refractivity contribution in [3.8, 4) is 22.4 Å². The average Bonchev–Trinajstić information content (AvgIpc) is 2.84. The third-order valence-corrected chi connectivity index (χ3v) is 7.01. The normalized spacial score (nSPS) is 15.0. The van der Waals surface area contributed by atoms with Crippen LogP contribution in [0, 0.1) is 5.21 Å². The monoisotopic (exact) mass is 517 g/mol. The molecule has 3 heterocycles. The van der Waals surface area contributed by atoms with Gasteiger partial charge < -0.3 is 10.5 Å². The summed E-state index contributed by atoms with van der Waals surface area (Å²) in [4.78, 5) is 4.92. The second kappa shape index (κ2) is 9.30. The number of aromatic nitrogens is 2. The molecule has 0 amide bonds. The molecule has 1 aliphatic rings. The predicted molar refractivity (Wildman–Crippen MR) is 131 cm³/mol. The molecule has 0 saturated carbocycles. The highest BCUT2D eigenvalue weighted by molar-refractivity contribution is 6.39. The maximum atomic E-state index is 13.2. The summed E-state index contributed by atoms with van der Waals surface area (Å²) in [7, 11) is 0. The Kier molecular flexibility index (Phi) is 6.34. The topological polar surface area (TPSA) is 51.9 Å². The number of fused-ring (bicyclic) bond motifs is 1. The average molecular weight is 518 g/mol. The molecule has 5 rings (SSSR count). The minimum atomic E-state index is -4.43. The van der Waals surface area contributed by atoms with Crippen molar-refractivity contribution >= 4 is 34.1 Å². The lowest BCUT2D eigenvalue weighted by Gasteiger charge is -2.23. The van der Waals surface area contributed by atoms with Crippen LogP contribution in [0.3, 0.4) is 0 Å². The van der Waals surface area contributed by atoms with Crippen LogP contribution in [0.2, 0.25) is 10.0 Å². The second-order valence-electron chi connectivity index (χ2n) is 8.54. The first-order valence-corrected chi connectivity index (χ1v) is 11.9. The van der Waals surface area contributed by atoms with Crippen LogP contribution in [-0.2, 0) is 6.18 Å². The Morgan fingerprint density at radius 1 is 0.971 bits per heavy atom. The SMILES string of the molecule is [O-][n+]1ccc2c(-c3ccc(C(F)(F)F)cc3)cc(C3CCNCC3)nc2c1-c1c(Cl)cccc1Cl. The van der Waals surface area contributed by atoms with E-state index in [2.05, 4.69) is 5.32 Å². The fraction of sp³-hybridized carbons (Fsp3) is 0.231. The van der Waals surface area contributed by atoms with Gasteiger partial charge in [-0.1, -0.05) is 41.4 Å². The number of piperidine rings is 1. The predicted octanol–water partition coefficient (Wildman–Crippen LogP) is 6.99. The maximum Gasteiger partial charge on any atom is 0.416 e. The minimum absolute atomic E-state index is 0.142. The molecule has 1 N–H and O–H groups in total. The van der Waals surface area contributed by atoms with Gasteiger partial charge in [0, 0.05) is 23.1 Å². The molecule has 0 atom stereocenters. The number of nitrogens with one attached hydrogen (secondary N) is 1. The Labute approximate surface area is 209 Å². The van der Waals surface area contributed by atoms with E-state index in [9.17, 15) is 18.4 Å². The van der Waals surface area contributed by atoms with Gasteiger partial charge in [-0.25, -0.2) is 4.98 Å². The van der Waals surface area contributed by atoms with E-state index in [4.69, 9.17) is 28.2 Å². The summed E-state index contributed by atoms with van der Waals surface area (Å²) >= 11 is 12.9. The third kappa shape index (κ3) is 4.56. The van der Waals surface area contributed by atoms with Crippen LogP contribution < -0.4 is 10.0 Å². The fourth-order valence-corrected chi connectivity index (χ4v) is 5.18. The molecule has 0 unspecified atom stereocenters. The van der Waals surface area contributed by atoms with Gasteiger partial charge in [-0.15, -0.1) is 0 Å². The van der Waals surface area contributed by atoms with E-state index in [1.54, 1.807) is 24.3 Å². The number of hydrogen-bond acceptors (Lipinski definition) is 3. The number of alkyl halides is 3. The number of nitrogens with zero attached hydrogens (tertiary/aromatic N) is 2. The van der Waals surface area contributed by atoms with Gasteiger partial charge in [0.15, 0.2) is 6.20 Å². The Bertz CT molecular complexity index is 1380. The van der Waals surface area contributed by atoms with Crippen molar-refractivity contribution in [3.63, 3.8) is 0 Å². The third-order valence-electron chi connectivity index (χ3n) is 6.38. The quantitative estimate of drug-likeness (QED) is 0.235. The molecule has 35 heavy (non-hydrogen) atoms. The van der Waals surface area contributed by atoms with Crippen molar-refractivity contribution in [3.05, 3.63) is 87.3 Å². The Morgan fingerprint density at radius 3 is 2.26 bits per heavy atom. The number of halogens is 5. The molecule has 0 aliphatic carbocycles. The van der Waals surface area contributed by atoms with Crippen LogP contribution in [0.15, 0.2) is 60.8 Å². The highest BCUT2D eigenvalue weighted by atomic mass is 35.5. The van der Waals surface area contributed by atoms with E-state index < -0.39 is 11.7 Å². The molecule has 2 aromatic carbocycles. The van der Waals surface area contributed by atoms with E-state index in [-0.39, 0.29) is 11.6 Å². The van der Waals surface area contributed by atoms with Gasteiger partial charge in [-0.3, -0.25) is 0 Å². The van der Waals surface area contributed by atoms with Crippen LogP contribution in [0.1, 0.15) is 30.0 Å². The Balaban J connectivity index is 1.80. The summed E-state index contributed by atoms with van der Waals surface area (Å²) in [6.07, 6.45) is -1.37.